The SMILES string of the molecule is COC(CNC(=O)N(C)Cc1ccccc1C)C(=O)O. The van der Waals surface area contributed by atoms with Gasteiger partial charge in [-0.15, -0.1) is 0 Å². The Balaban J connectivity index is 2.51. The highest BCUT2D eigenvalue weighted by molar-refractivity contribution is 5.76. The molecule has 0 radical (unpaired) electrons. The predicted octanol–water partition coefficient (Wildman–Crippen LogP) is 1.24. The topological polar surface area (TPSA) is 78.9 Å². The lowest BCUT2D eigenvalue weighted by Crippen LogP contribution is -2.43. The van der Waals surface area contributed by atoms with Crippen molar-refractivity contribution in [2.24, 2.45) is 0 Å². The van der Waals surface area contributed by atoms with Gasteiger partial charge in [0.2, 0.25) is 0 Å². The fourth-order valence-corrected chi connectivity index (χ4v) is 1.70. The number of nitrogens with zero attached hydrogens (tertiary/aromatic N) is 1. The molecular weight excluding hydrogens is 260 g/mol. The molecule has 0 aliphatic carbocycles. The number of rotatable bonds is 6. The first-order chi connectivity index (χ1) is 9.45. The van der Waals surface area contributed by atoms with Crippen molar-refractivity contribution in [3.05, 3.63) is 35.4 Å². The highest BCUT2D eigenvalue weighted by atomic mass is 16.5. The molecule has 0 bridgehead atoms. The molecule has 6 nitrogen and oxygen atoms in total. The number of carbonyl (C=O) groups excluding carboxylic acids is 1. The Hall–Kier alpha value is -2.08. The van der Waals surface area contributed by atoms with Crippen LogP contribution in [0.5, 0.6) is 0 Å². The quantitative estimate of drug-likeness (QED) is 0.821. The number of benzene rings is 1. The molecule has 2 N–H and O–H groups in total. The molecule has 1 aromatic rings. The number of urea groups is 1. The molecule has 110 valence electrons. The van der Waals surface area contributed by atoms with Crippen LogP contribution in [-0.2, 0) is 16.1 Å². The summed E-state index contributed by atoms with van der Waals surface area (Å²) in [5, 5.41) is 11.3. The van der Waals surface area contributed by atoms with Gasteiger partial charge in [0.15, 0.2) is 6.10 Å². The number of hydrogen-bond acceptors (Lipinski definition) is 3. The average Bonchev–Trinajstić information content (AvgIpc) is 2.41. The molecule has 6 heteroatoms. The van der Waals surface area contributed by atoms with Crippen molar-refractivity contribution >= 4 is 12.0 Å². The van der Waals surface area contributed by atoms with Crippen molar-refractivity contribution in [2.45, 2.75) is 19.6 Å². The minimum atomic E-state index is -1.10. The van der Waals surface area contributed by atoms with Crippen LogP contribution in [0.3, 0.4) is 0 Å². The molecule has 0 saturated carbocycles. The maximum Gasteiger partial charge on any atom is 0.334 e. The Morgan fingerprint density at radius 2 is 2.05 bits per heavy atom. The second-order valence-electron chi connectivity index (χ2n) is 4.53. The van der Waals surface area contributed by atoms with E-state index in [-0.39, 0.29) is 12.6 Å². The van der Waals surface area contributed by atoms with Crippen molar-refractivity contribution in [1.29, 1.82) is 0 Å². The summed E-state index contributed by atoms with van der Waals surface area (Å²) in [5.41, 5.74) is 2.15. The minimum Gasteiger partial charge on any atom is -0.479 e. The van der Waals surface area contributed by atoms with Crippen LogP contribution in [0.25, 0.3) is 0 Å². The third kappa shape index (κ3) is 4.55. The van der Waals surface area contributed by atoms with Crippen molar-refractivity contribution in [1.82, 2.24) is 10.2 Å². The van der Waals surface area contributed by atoms with Crippen LogP contribution in [0.1, 0.15) is 11.1 Å². The minimum absolute atomic E-state index is 0.0667. The van der Waals surface area contributed by atoms with Gasteiger partial charge >= 0.3 is 12.0 Å². The smallest absolute Gasteiger partial charge is 0.334 e. The van der Waals surface area contributed by atoms with Gasteiger partial charge in [-0.25, -0.2) is 9.59 Å². The number of nitrogens with one attached hydrogen (secondary N) is 1. The second-order valence-corrected chi connectivity index (χ2v) is 4.53. The lowest BCUT2D eigenvalue weighted by atomic mass is 10.1. The Morgan fingerprint density at radius 3 is 2.60 bits per heavy atom. The summed E-state index contributed by atoms with van der Waals surface area (Å²) in [6.07, 6.45) is -1.04. The van der Waals surface area contributed by atoms with E-state index in [0.717, 1.165) is 11.1 Å². The number of carboxylic acids is 1. The zero-order valence-corrected chi connectivity index (χ0v) is 11.9. The highest BCUT2D eigenvalue weighted by Gasteiger charge is 2.18. The van der Waals surface area contributed by atoms with Crippen LogP contribution in [0.4, 0.5) is 4.79 Å². The van der Waals surface area contributed by atoms with Crippen LogP contribution < -0.4 is 5.32 Å². The first-order valence-corrected chi connectivity index (χ1v) is 6.24. The number of amides is 2. The number of aryl methyl sites for hydroxylation is 1. The molecule has 0 aliphatic heterocycles. The highest BCUT2D eigenvalue weighted by Crippen LogP contribution is 2.09. The predicted molar refractivity (Wildman–Crippen MR) is 74.5 cm³/mol. The zero-order valence-electron chi connectivity index (χ0n) is 11.9. The second kappa shape index (κ2) is 7.49. The molecule has 1 atom stereocenters. The Bertz CT molecular complexity index is 476. The number of aliphatic carboxylic acids is 1. The van der Waals surface area contributed by atoms with Crippen molar-refractivity contribution < 1.29 is 19.4 Å². The summed E-state index contributed by atoms with van der Waals surface area (Å²) in [7, 11) is 2.95. The number of carboxylic acid groups (broad SMARTS) is 1. The normalized spacial score (nSPS) is 11.8. The van der Waals surface area contributed by atoms with E-state index in [4.69, 9.17) is 9.84 Å². The van der Waals surface area contributed by atoms with E-state index in [1.54, 1.807) is 7.05 Å². The van der Waals surface area contributed by atoms with Crippen LogP contribution in [0.15, 0.2) is 24.3 Å². The first kappa shape index (κ1) is 16.0. The van der Waals surface area contributed by atoms with E-state index in [9.17, 15) is 9.59 Å². The summed E-state index contributed by atoms with van der Waals surface area (Å²) in [6, 6.07) is 7.45. The maximum absolute atomic E-state index is 11.9. The van der Waals surface area contributed by atoms with Gasteiger partial charge in [0.05, 0.1) is 6.54 Å². The van der Waals surface area contributed by atoms with Crippen LogP contribution in [-0.4, -0.2) is 48.8 Å². The van der Waals surface area contributed by atoms with Gasteiger partial charge in [-0.1, -0.05) is 24.3 Å². The third-order valence-corrected chi connectivity index (χ3v) is 3.01. The van der Waals surface area contributed by atoms with E-state index >= 15 is 0 Å². The molecule has 0 heterocycles. The van der Waals surface area contributed by atoms with Gasteiger partial charge in [0, 0.05) is 20.7 Å². The summed E-state index contributed by atoms with van der Waals surface area (Å²) in [4.78, 5) is 24.1. The fraction of sp³-hybridized carbons (Fsp3) is 0.429. The van der Waals surface area contributed by atoms with Crippen LogP contribution in [0, 0.1) is 6.92 Å². The summed E-state index contributed by atoms with van der Waals surface area (Å²) >= 11 is 0. The Morgan fingerprint density at radius 1 is 1.40 bits per heavy atom. The van der Waals surface area contributed by atoms with E-state index in [0.29, 0.717) is 6.54 Å². The maximum atomic E-state index is 11.9. The van der Waals surface area contributed by atoms with Gasteiger partial charge < -0.3 is 20.1 Å². The van der Waals surface area contributed by atoms with Crippen molar-refractivity contribution in [2.75, 3.05) is 20.7 Å². The summed E-state index contributed by atoms with van der Waals surface area (Å²) in [6.45, 7) is 2.37. The number of ether oxygens (including phenoxy) is 1. The summed E-state index contributed by atoms with van der Waals surface area (Å²) < 4.78 is 4.75. The number of hydrogen-bond donors (Lipinski definition) is 2. The fourth-order valence-electron chi connectivity index (χ4n) is 1.70. The van der Waals surface area contributed by atoms with Crippen LogP contribution >= 0.6 is 0 Å². The molecule has 0 saturated heterocycles. The van der Waals surface area contributed by atoms with Crippen molar-refractivity contribution in [3.63, 3.8) is 0 Å². The van der Waals surface area contributed by atoms with Gasteiger partial charge in [0.25, 0.3) is 0 Å². The molecule has 2 amide bonds. The number of carbonyl (C=O) groups is 2. The molecule has 0 fully saturated rings. The summed E-state index contributed by atoms with van der Waals surface area (Å²) in [5.74, 6) is -1.10. The molecule has 0 aliphatic rings. The lowest BCUT2D eigenvalue weighted by Gasteiger charge is -2.20. The molecule has 0 spiro atoms. The first-order valence-electron chi connectivity index (χ1n) is 6.24. The largest absolute Gasteiger partial charge is 0.479 e. The lowest BCUT2D eigenvalue weighted by molar-refractivity contribution is -0.148. The Kier molecular flexibility index (Phi) is 5.99. The zero-order chi connectivity index (χ0) is 15.1. The van der Waals surface area contributed by atoms with Gasteiger partial charge in [0.1, 0.15) is 0 Å². The standard InChI is InChI=1S/C14H20N2O4/c1-10-6-4-5-7-11(10)9-16(2)14(19)15-8-12(20-3)13(17)18/h4-7,12H,8-9H2,1-3H3,(H,15,19)(H,17,18). The van der Waals surface area contributed by atoms with Gasteiger partial charge in [-0.05, 0) is 18.1 Å². The van der Waals surface area contributed by atoms with Crippen LogP contribution in [0.2, 0.25) is 0 Å². The molecule has 1 rings (SSSR count). The molecule has 0 aromatic heterocycles. The van der Waals surface area contributed by atoms with E-state index < -0.39 is 12.1 Å². The Labute approximate surface area is 118 Å². The third-order valence-electron chi connectivity index (χ3n) is 3.01. The molecule has 1 unspecified atom stereocenters. The van der Waals surface area contributed by atoms with Gasteiger partial charge in [-0.2, -0.15) is 0 Å². The molecule has 1 aromatic carbocycles. The monoisotopic (exact) mass is 280 g/mol. The molecule has 20 heavy (non-hydrogen) atoms. The van der Waals surface area contributed by atoms with Crippen molar-refractivity contribution in [3.8, 4) is 0 Å². The van der Waals surface area contributed by atoms with E-state index in [2.05, 4.69) is 5.32 Å². The van der Waals surface area contributed by atoms with E-state index in [1.165, 1.54) is 12.0 Å². The number of methoxy groups -OCH3 is 1. The van der Waals surface area contributed by atoms with Gasteiger partial charge in [-0.3, -0.25) is 0 Å². The molecular formula is C14H20N2O4. The average molecular weight is 280 g/mol. The van der Waals surface area contributed by atoms with E-state index in [1.807, 2.05) is 31.2 Å².